The van der Waals surface area contributed by atoms with Gasteiger partial charge in [-0.25, -0.2) is 4.39 Å². The van der Waals surface area contributed by atoms with E-state index in [2.05, 4.69) is 0 Å². The number of aryl methyl sites for hydroxylation is 1. The zero-order valence-corrected chi connectivity index (χ0v) is 5.93. The second-order valence-corrected chi connectivity index (χ2v) is 2.23. The van der Waals surface area contributed by atoms with Crippen molar-refractivity contribution in [3.63, 3.8) is 0 Å². The van der Waals surface area contributed by atoms with Crippen molar-refractivity contribution >= 4 is 0 Å². The lowest BCUT2D eigenvalue weighted by molar-refractivity contribution is 0.464. The molecule has 1 aromatic carbocycles. The Morgan fingerprint density at radius 1 is 1.55 bits per heavy atom. The van der Waals surface area contributed by atoms with Gasteiger partial charge in [-0.3, -0.25) is 0 Å². The predicted molar refractivity (Wildman–Crippen MR) is 37.5 cm³/mol. The first-order chi connectivity index (χ1) is 5.15. The summed E-state index contributed by atoms with van der Waals surface area (Å²) in [4.78, 5) is 0. The van der Waals surface area contributed by atoms with Crippen LogP contribution in [-0.2, 0) is 0 Å². The molecule has 3 heteroatoms. The zero-order valence-electron chi connectivity index (χ0n) is 5.93. The molecular formula is C8H6FNO. The molecule has 56 valence electrons. The maximum Gasteiger partial charge on any atom is 0.144 e. The van der Waals surface area contributed by atoms with Gasteiger partial charge in [0.15, 0.2) is 0 Å². The highest BCUT2D eigenvalue weighted by Crippen LogP contribution is 2.19. The third-order valence-electron chi connectivity index (χ3n) is 1.41. The van der Waals surface area contributed by atoms with E-state index in [1.807, 2.05) is 0 Å². The summed E-state index contributed by atoms with van der Waals surface area (Å²) in [5.41, 5.74) is 0.461. The third kappa shape index (κ3) is 1.30. The highest BCUT2D eigenvalue weighted by atomic mass is 19.1. The zero-order chi connectivity index (χ0) is 8.43. The highest BCUT2D eigenvalue weighted by molar-refractivity contribution is 5.41. The highest BCUT2D eigenvalue weighted by Gasteiger charge is 2.04. The van der Waals surface area contributed by atoms with Gasteiger partial charge >= 0.3 is 0 Å². The molecule has 0 atom stereocenters. The van der Waals surface area contributed by atoms with Gasteiger partial charge in [-0.1, -0.05) is 0 Å². The Hall–Kier alpha value is -1.56. The molecule has 0 amide bonds. The van der Waals surface area contributed by atoms with Gasteiger partial charge in [0.2, 0.25) is 0 Å². The number of benzene rings is 1. The molecular weight excluding hydrogens is 145 g/mol. The van der Waals surface area contributed by atoms with Crippen LogP contribution in [0.1, 0.15) is 11.1 Å². The van der Waals surface area contributed by atoms with Gasteiger partial charge in [0.1, 0.15) is 17.6 Å². The first kappa shape index (κ1) is 7.55. The second-order valence-electron chi connectivity index (χ2n) is 2.23. The van der Waals surface area contributed by atoms with Crippen LogP contribution in [0.5, 0.6) is 5.75 Å². The third-order valence-corrected chi connectivity index (χ3v) is 1.41. The summed E-state index contributed by atoms with van der Waals surface area (Å²) in [7, 11) is 0. The molecule has 0 unspecified atom stereocenters. The maximum absolute atomic E-state index is 12.6. The van der Waals surface area contributed by atoms with Crippen molar-refractivity contribution < 1.29 is 9.50 Å². The molecule has 0 fully saturated rings. The van der Waals surface area contributed by atoms with E-state index in [1.165, 1.54) is 6.07 Å². The second kappa shape index (κ2) is 2.59. The minimum Gasteiger partial charge on any atom is -0.508 e. The lowest BCUT2D eigenvalue weighted by Crippen LogP contribution is -1.85. The normalized spacial score (nSPS) is 9.18. The lowest BCUT2D eigenvalue weighted by Gasteiger charge is -1.98. The van der Waals surface area contributed by atoms with E-state index in [4.69, 9.17) is 10.4 Å². The minimum absolute atomic E-state index is 0.0414. The standard InChI is InChI=1S/C8H6FNO/c1-5-2-6(4-10)7(9)3-8(5)11/h2-3,11H,1H3. The fourth-order valence-electron chi connectivity index (χ4n) is 0.757. The minimum atomic E-state index is -0.685. The number of rotatable bonds is 0. The Balaban J connectivity index is 3.35. The summed E-state index contributed by atoms with van der Waals surface area (Å²) < 4.78 is 12.6. The maximum atomic E-state index is 12.6. The molecule has 0 aliphatic heterocycles. The van der Waals surface area contributed by atoms with Gasteiger partial charge in [-0.2, -0.15) is 5.26 Å². The Morgan fingerprint density at radius 3 is 2.73 bits per heavy atom. The number of halogens is 1. The molecule has 0 aliphatic carbocycles. The number of aromatic hydroxyl groups is 1. The van der Waals surface area contributed by atoms with Crippen LogP contribution in [0.3, 0.4) is 0 Å². The van der Waals surface area contributed by atoms with Crippen LogP contribution < -0.4 is 0 Å². The summed E-state index contributed by atoms with van der Waals surface area (Å²) >= 11 is 0. The van der Waals surface area contributed by atoms with E-state index in [-0.39, 0.29) is 11.3 Å². The molecule has 0 spiro atoms. The van der Waals surface area contributed by atoms with Crippen LogP contribution >= 0.6 is 0 Å². The van der Waals surface area contributed by atoms with Gasteiger partial charge in [0.25, 0.3) is 0 Å². The van der Waals surface area contributed by atoms with Crippen molar-refractivity contribution in [1.29, 1.82) is 5.26 Å². The molecule has 2 nitrogen and oxygen atoms in total. The smallest absolute Gasteiger partial charge is 0.144 e. The van der Waals surface area contributed by atoms with E-state index >= 15 is 0 Å². The van der Waals surface area contributed by atoms with Crippen LogP contribution in [0.4, 0.5) is 4.39 Å². The van der Waals surface area contributed by atoms with Crippen molar-refractivity contribution in [3.8, 4) is 11.8 Å². The van der Waals surface area contributed by atoms with Gasteiger partial charge in [0.05, 0.1) is 5.56 Å². The van der Waals surface area contributed by atoms with Gasteiger partial charge in [-0.15, -0.1) is 0 Å². The largest absolute Gasteiger partial charge is 0.508 e. The summed E-state index contributed by atoms with van der Waals surface area (Å²) in [6, 6.07) is 3.93. The van der Waals surface area contributed by atoms with Gasteiger partial charge < -0.3 is 5.11 Å². The molecule has 0 saturated heterocycles. The van der Waals surface area contributed by atoms with Crippen molar-refractivity contribution in [3.05, 3.63) is 29.1 Å². The molecule has 0 aromatic heterocycles. The fraction of sp³-hybridized carbons (Fsp3) is 0.125. The molecule has 0 bridgehead atoms. The van der Waals surface area contributed by atoms with Gasteiger partial charge in [0, 0.05) is 6.07 Å². The predicted octanol–water partition coefficient (Wildman–Crippen LogP) is 1.71. The summed E-state index contributed by atoms with van der Waals surface area (Å²) in [6.45, 7) is 1.61. The molecule has 1 rings (SSSR count). The Morgan fingerprint density at radius 2 is 2.18 bits per heavy atom. The van der Waals surface area contributed by atoms with Crippen LogP contribution in [0.2, 0.25) is 0 Å². The molecule has 0 heterocycles. The van der Waals surface area contributed by atoms with Crippen LogP contribution in [0.15, 0.2) is 12.1 Å². The van der Waals surface area contributed by atoms with E-state index in [0.717, 1.165) is 6.07 Å². The molecule has 0 saturated carbocycles. The first-order valence-electron chi connectivity index (χ1n) is 3.04. The number of nitrogens with zero attached hydrogens (tertiary/aromatic N) is 1. The van der Waals surface area contributed by atoms with Crippen LogP contribution in [0, 0.1) is 24.1 Å². The number of phenols is 1. The molecule has 11 heavy (non-hydrogen) atoms. The average Bonchev–Trinajstić information content (AvgIpc) is 1.97. The van der Waals surface area contributed by atoms with Crippen molar-refractivity contribution in [2.45, 2.75) is 6.92 Å². The van der Waals surface area contributed by atoms with Crippen molar-refractivity contribution in [2.75, 3.05) is 0 Å². The van der Waals surface area contributed by atoms with E-state index in [0.29, 0.717) is 5.56 Å². The van der Waals surface area contributed by atoms with E-state index in [1.54, 1.807) is 13.0 Å². The van der Waals surface area contributed by atoms with Crippen molar-refractivity contribution in [1.82, 2.24) is 0 Å². The molecule has 0 radical (unpaired) electrons. The van der Waals surface area contributed by atoms with E-state index < -0.39 is 5.82 Å². The Kier molecular flexibility index (Phi) is 1.77. The Labute approximate surface area is 63.5 Å². The number of nitriles is 1. The average molecular weight is 151 g/mol. The first-order valence-corrected chi connectivity index (χ1v) is 3.04. The number of hydrogen-bond donors (Lipinski definition) is 1. The molecule has 0 aliphatic rings. The van der Waals surface area contributed by atoms with Crippen LogP contribution in [-0.4, -0.2) is 5.11 Å². The number of phenolic OH excluding ortho intramolecular Hbond substituents is 1. The lowest BCUT2D eigenvalue weighted by atomic mass is 10.1. The summed E-state index contributed by atoms with van der Waals surface area (Å²) in [5.74, 6) is -0.808. The summed E-state index contributed by atoms with van der Waals surface area (Å²) in [6.07, 6.45) is 0. The molecule has 1 aromatic rings. The van der Waals surface area contributed by atoms with Gasteiger partial charge in [-0.05, 0) is 18.6 Å². The van der Waals surface area contributed by atoms with E-state index in [9.17, 15) is 4.39 Å². The van der Waals surface area contributed by atoms with Crippen molar-refractivity contribution in [2.24, 2.45) is 0 Å². The fourth-order valence-corrected chi connectivity index (χ4v) is 0.757. The van der Waals surface area contributed by atoms with Crippen LogP contribution in [0.25, 0.3) is 0 Å². The SMILES string of the molecule is Cc1cc(C#N)c(F)cc1O. The quantitative estimate of drug-likeness (QED) is 0.613. The summed E-state index contributed by atoms with van der Waals surface area (Å²) in [5, 5.41) is 17.3. The number of hydrogen-bond acceptors (Lipinski definition) is 2. The Bertz CT molecular complexity index is 328. The monoisotopic (exact) mass is 151 g/mol. The topological polar surface area (TPSA) is 44.0 Å². The molecule has 1 N–H and O–H groups in total.